The van der Waals surface area contributed by atoms with Crippen LogP contribution in [0.4, 0.5) is 9.59 Å². The number of carbonyl (C=O) groups is 2. The molecule has 3 heterocycles. The van der Waals surface area contributed by atoms with Gasteiger partial charge in [-0.25, -0.2) is 13.2 Å². The van der Waals surface area contributed by atoms with Crippen LogP contribution in [-0.2, 0) is 30.7 Å². The highest BCUT2D eigenvalue weighted by atomic mass is 32.2. The fourth-order valence-electron chi connectivity index (χ4n) is 6.94. The van der Waals surface area contributed by atoms with Gasteiger partial charge >= 0.3 is 6.09 Å². The monoisotopic (exact) mass is 718 g/mol. The van der Waals surface area contributed by atoms with Crippen LogP contribution in [0.2, 0.25) is 0 Å². The van der Waals surface area contributed by atoms with Crippen molar-refractivity contribution in [3.63, 3.8) is 0 Å². The average Bonchev–Trinajstić information content (AvgIpc) is 3.83. The molecular formula is C35H48N3O11S-. The van der Waals surface area contributed by atoms with Crippen LogP contribution in [0.1, 0.15) is 52.0 Å². The van der Waals surface area contributed by atoms with E-state index in [0.717, 1.165) is 10.5 Å². The number of benzene rings is 2. The highest BCUT2D eigenvalue weighted by molar-refractivity contribution is 7.89. The van der Waals surface area contributed by atoms with Crippen molar-refractivity contribution in [1.82, 2.24) is 14.5 Å². The third kappa shape index (κ3) is 9.18. The van der Waals surface area contributed by atoms with Gasteiger partial charge in [-0.1, -0.05) is 50.6 Å². The number of carbonyl (C=O) groups excluding carboxylic acids is 2. The smallest absolute Gasteiger partial charge is 0.407 e. The first-order chi connectivity index (χ1) is 23.9. The van der Waals surface area contributed by atoms with Crippen LogP contribution in [-0.4, -0.2) is 106 Å². The lowest BCUT2D eigenvalue weighted by molar-refractivity contribution is -0.273. The number of sulfonamides is 1. The molecule has 2 aromatic carbocycles. The third-order valence-corrected chi connectivity index (χ3v) is 11.3. The number of fused-ring (bicyclic) bond motifs is 2. The van der Waals surface area contributed by atoms with Gasteiger partial charge in [0, 0.05) is 31.6 Å². The van der Waals surface area contributed by atoms with Gasteiger partial charge in [-0.3, -0.25) is 0 Å². The van der Waals surface area contributed by atoms with Gasteiger partial charge < -0.3 is 48.9 Å². The van der Waals surface area contributed by atoms with Crippen molar-refractivity contribution in [3.8, 4) is 11.5 Å². The topological polar surface area (TPSA) is 176 Å². The molecule has 50 heavy (non-hydrogen) atoms. The number of nitrogens with one attached hydrogen (secondary N) is 1. The fraction of sp³-hybridized carbons (Fsp3) is 0.600. The Balaban J connectivity index is 1.42. The SMILES string of the molecule is CCOC(=O)NCCCCC(C)(C)CN(C[C@@H](O)[C@H](Cc1ccccc1)N(C(=O)[O-])[C@H]1CO[C@H]2OCC[C@H]21)S(=O)(=O)c1ccc2c(c1)OCO2. The first kappa shape index (κ1) is 37.6. The molecule has 0 aliphatic carbocycles. The van der Waals surface area contributed by atoms with Gasteiger partial charge in [0.1, 0.15) is 6.09 Å². The average molecular weight is 719 g/mol. The Bertz CT molecular complexity index is 1560. The molecule has 3 aliphatic rings. The van der Waals surface area contributed by atoms with E-state index in [0.29, 0.717) is 50.3 Å². The lowest BCUT2D eigenvalue weighted by atomic mass is 9.87. The van der Waals surface area contributed by atoms with Crippen LogP contribution in [0.3, 0.4) is 0 Å². The molecule has 0 bridgehead atoms. The quantitative estimate of drug-likeness (QED) is 0.230. The zero-order valence-electron chi connectivity index (χ0n) is 28.8. The molecule has 0 spiro atoms. The molecule has 2 saturated heterocycles. The Morgan fingerprint density at radius 1 is 1.10 bits per heavy atom. The molecule has 0 saturated carbocycles. The van der Waals surface area contributed by atoms with Gasteiger partial charge in [0.2, 0.25) is 16.8 Å². The van der Waals surface area contributed by atoms with E-state index in [9.17, 15) is 28.2 Å². The number of hydrogen-bond donors (Lipinski definition) is 2. The van der Waals surface area contributed by atoms with Crippen LogP contribution in [0.25, 0.3) is 0 Å². The summed E-state index contributed by atoms with van der Waals surface area (Å²) in [4.78, 5) is 25.7. The van der Waals surface area contributed by atoms with Crippen LogP contribution < -0.4 is 19.9 Å². The van der Waals surface area contributed by atoms with E-state index in [2.05, 4.69) is 5.32 Å². The van der Waals surface area contributed by atoms with Gasteiger partial charge in [0.15, 0.2) is 17.8 Å². The highest BCUT2D eigenvalue weighted by Gasteiger charge is 2.47. The Kier molecular flexibility index (Phi) is 12.5. The van der Waals surface area contributed by atoms with E-state index in [-0.39, 0.29) is 43.8 Å². The van der Waals surface area contributed by atoms with Gasteiger partial charge in [0.05, 0.1) is 42.9 Å². The highest BCUT2D eigenvalue weighted by Crippen LogP contribution is 2.38. The lowest BCUT2D eigenvalue weighted by Gasteiger charge is -2.43. The molecule has 0 aromatic heterocycles. The summed E-state index contributed by atoms with van der Waals surface area (Å²) in [6, 6.07) is 11.8. The lowest BCUT2D eigenvalue weighted by Crippen LogP contribution is -2.61. The number of aliphatic hydroxyl groups excluding tert-OH is 1. The molecular weight excluding hydrogens is 670 g/mol. The van der Waals surface area contributed by atoms with Crippen molar-refractivity contribution in [3.05, 3.63) is 54.1 Å². The van der Waals surface area contributed by atoms with Crippen LogP contribution in [0.5, 0.6) is 11.5 Å². The molecule has 14 nitrogen and oxygen atoms in total. The van der Waals surface area contributed by atoms with E-state index < -0.39 is 58.6 Å². The summed E-state index contributed by atoms with van der Waals surface area (Å²) in [6.45, 7) is 6.36. The summed E-state index contributed by atoms with van der Waals surface area (Å²) in [6.07, 6.45) is -1.35. The molecule has 15 heteroatoms. The number of hydrogen-bond acceptors (Lipinski definition) is 11. The molecule has 0 radical (unpaired) electrons. The molecule has 0 unspecified atom stereocenters. The molecule has 2 fully saturated rings. The van der Waals surface area contributed by atoms with Crippen molar-refractivity contribution in [2.24, 2.45) is 11.3 Å². The van der Waals surface area contributed by atoms with E-state index in [1.54, 1.807) is 6.92 Å². The zero-order chi connectivity index (χ0) is 35.9. The maximum atomic E-state index is 14.4. The second-order valence-electron chi connectivity index (χ2n) is 13.7. The van der Waals surface area contributed by atoms with Crippen molar-refractivity contribution in [1.29, 1.82) is 0 Å². The van der Waals surface area contributed by atoms with Gasteiger partial charge in [0.25, 0.3) is 0 Å². The fourth-order valence-corrected chi connectivity index (χ4v) is 8.61. The number of nitrogens with zero attached hydrogens (tertiary/aromatic N) is 2. The maximum Gasteiger partial charge on any atom is 0.407 e. The molecule has 3 aliphatic heterocycles. The van der Waals surface area contributed by atoms with Crippen LogP contribution in [0, 0.1) is 11.3 Å². The number of rotatable bonds is 17. The van der Waals surface area contributed by atoms with Crippen molar-refractivity contribution >= 4 is 22.2 Å². The second-order valence-corrected chi connectivity index (χ2v) is 15.6. The summed E-state index contributed by atoms with van der Waals surface area (Å²) in [5.74, 6) is 0.469. The van der Waals surface area contributed by atoms with Crippen molar-refractivity contribution in [2.45, 2.75) is 82.2 Å². The number of aliphatic hydroxyl groups is 1. The number of amides is 2. The largest absolute Gasteiger partial charge is 0.530 e. The second kappa shape index (κ2) is 16.6. The Morgan fingerprint density at radius 2 is 1.86 bits per heavy atom. The first-order valence-electron chi connectivity index (χ1n) is 17.1. The van der Waals surface area contributed by atoms with Crippen LogP contribution >= 0.6 is 0 Å². The predicted octanol–water partition coefficient (Wildman–Crippen LogP) is 2.73. The standard InChI is InChI=1S/C35H49N3O11S/c1-4-45-33(40)36-16-9-8-15-35(2,3)22-37(50(43,44)25-12-13-30-31(19-25)49-23-48-30)20-29(39)27(18-24-10-6-5-7-11-24)38(34(41)42)28-21-47-32-26(28)14-17-46-32/h5-7,10-13,19,26-29,32,39H,4,8-9,14-18,20-23H2,1-3H3,(H,36,40)(H,41,42)/p-1/t26-,27-,28-,29+,32+/m0/s1. The van der Waals surface area contributed by atoms with Crippen LogP contribution in [0.15, 0.2) is 53.4 Å². The number of alkyl carbamates (subject to hydrolysis) is 1. The first-order valence-corrected chi connectivity index (χ1v) is 18.6. The Hall–Kier alpha value is -3.63. The summed E-state index contributed by atoms with van der Waals surface area (Å²) in [5.41, 5.74) is 0.187. The van der Waals surface area contributed by atoms with Crippen molar-refractivity contribution < 1.29 is 51.9 Å². The summed E-state index contributed by atoms with van der Waals surface area (Å²) in [7, 11) is -4.25. The molecule has 5 atom stereocenters. The number of unbranched alkanes of at least 4 members (excludes halogenated alkanes) is 1. The van der Waals surface area contributed by atoms with Crippen molar-refractivity contribution in [2.75, 3.05) is 46.2 Å². The van der Waals surface area contributed by atoms with E-state index in [1.807, 2.05) is 44.2 Å². The maximum absolute atomic E-state index is 14.4. The summed E-state index contributed by atoms with van der Waals surface area (Å²) < 4.78 is 57.3. The van der Waals surface area contributed by atoms with Gasteiger partial charge in [-0.05, 0) is 55.7 Å². The number of ether oxygens (including phenoxy) is 5. The molecule has 2 aromatic rings. The normalized spacial score (nSPS) is 21.1. The summed E-state index contributed by atoms with van der Waals surface area (Å²) in [5, 5.41) is 27.7. The Morgan fingerprint density at radius 3 is 2.60 bits per heavy atom. The molecule has 2 amide bonds. The number of carboxylic acid groups (broad SMARTS) is 1. The molecule has 276 valence electrons. The minimum atomic E-state index is -4.25. The van der Waals surface area contributed by atoms with E-state index in [1.165, 1.54) is 22.5 Å². The summed E-state index contributed by atoms with van der Waals surface area (Å²) >= 11 is 0. The molecule has 5 rings (SSSR count). The van der Waals surface area contributed by atoms with Gasteiger partial charge in [-0.2, -0.15) is 4.31 Å². The Labute approximate surface area is 293 Å². The van der Waals surface area contributed by atoms with E-state index in [4.69, 9.17) is 23.7 Å². The van der Waals surface area contributed by atoms with Gasteiger partial charge in [-0.15, -0.1) is 0 Å². The van der Waals surface area contributed by atoms with E-state index >= 15 is 0 Å². The minimum absolute atomic E-state index is 0.0145. The molecule has 2 N–H and O–H groups in total. The predicted molar refractivity (Wildman–Crippen MR) is 179 cm³/mol. The third-order valence-electron chi connectivity index (χ3n) is 9.47. The minimum Gasteiger partial charge on any atom is -0.530 e. The zero-order valence-corrected chi connectivity index (χ0v) is 29.6.